The number of phenols is 1. The van der Waals surface area contributed by atoms with Gasteiger partial charge in [0.25, 0.3) is 0 Å². The number of carbonyl (C=O) groups excluding carboxylic acids is 1. The largest absolute Gasteiger partial charge is 0.505 e. The Bertz CT molecular complexity index is 887. The number of phenolic OH excluding ortho intramolecular Hbond substituents is 1. The van der Waals surface area contributed by atoms with Crippen molar-refractivity contribution in [1.82, 2.24) is 9.80 Å². The first kappa shape index (κ1) is 19.8. The van der Waals surface area contributed by atoms with Crippen molar-refractivity contribution in [3.63, 3.8) is 0 Å². The summed E-state index contributed by atoms with van der Waals surface area (Å²) in [5.74, 6) is -1.50. The SMILES string of the molecule is Cc1ccc(CN2CCC(N3CC[C@@H](c4ccc(O)c(F)c4)[C@H](F)C3)C2=O)cc1. The number of piperidine rings is 1. The molecule has 1 amide bonds. The van der Waals surface area contributed by atoms with Gasteiger partial charge in [0, 0.05) is 25.6 Å². The second-order valence-electron chi connectivity index (χ2n) is 8.17. The Morgan fingerprint density at radius 1 is 1.10 bits per heavy atom. The molecule has 0 saturated carbocycles. The third-order valence-corrected chi connectivity index (χ3v) is 6.18. The summed E-state index contributed by atoms with van der Waals surface area (Å²) in [6.45, 7) is 4.06. The second-order valence-corrected chi connectivity index (χ2v) is 8.17. The van der Waals surface area contributed by atoms with Gasteiger partial charge in [0.1, 0.15) is 6.17 Å². The van der Waals surface area contributed by atoms with Crippen molar-refractivity contribution in [2.24, 2.45) is 0 Å². The van der Waals surface area contributed by atoms with E-state index in [0.29, 0.717) is 38.0 Å². The lowest BCUT2D eigenvalue weighted by Crippen LogP contribution is -2.49. The van der Waals surface area contributed by atoms with Crippen LogP contribution in [0.3, 0.4) is 0 Å². The Hall–Kier alpha value is -2.47. The molecule has 2 heterocycles. The second kappa shape index (κ2) is 8.11. The number of aryl methyl sites for hydroxylation is 1. The summed E-state index contributed by atoms with van der Waals surface area (Å²) >= 11 is 0. The van der Waals surface area contributed by atoms with E-state index in [1.165, 1.54) is 17.7 Å². The molecule has 2 aliphatic heterocycles. The molecule has 0 spiro atoms. The van der Waals surface area contributed by atoms with Crippen molar-refractivity contribution in [2.75, 3.05) is 19.6 Å². The van der Waals surface area contributed by atoms with Crippen molar-refractivity contribution in [3.8, 4) is 5.75 Å². The average Bonchev–Trinajstić information content (AvgIpc) is 3.06. The maximum atomic E-state index is 14.9. The van der Waals surface area contributed by atoms with Crippen LogP contribution in [-0.2, 0) is 11.3 Å². The predicted molar refractivity (Wildman–Crippen MR) is 107 cm³/mol. The smallest absolute Gasteiger partial charge is 0.240 e. The molecule has 3 atom stereocenters. The first-order valence-corrected chi connectivity index (χ1v) is 10.1. The van der Waals surface area contributed by atoms with Crippen LogP contribution >= 0.6 is 0 Å². The molecular formula is C23H26F2N2O2. The fourth-order valence-electron chi connectivity index (χ4n) is 4.47. The lowest BCUT2D eigenvalue weighted by atomic mass is 9.87. The van der Waals surface area contributed by atoms with Crippen LogP contribution < -0.4 is 0 Å². The summed E-state index contributed by atoms with van der Waals surface area (Å²) in [4.78, 5) is 16.7. The van der Waals surface area contributed by atoms with Gasteiger partial charge < -0.3 is 10.0 Å². The van der Waals surface area contributed by atoms with Gasteiger partial charge in [-0.1, -0.05) is 35.9 Å². The number of rotatable bonds is 4. The first-order chi connectivity index (χ1) is 13.9. The van der Waals surface area contributed by atoms with E-state index in [4.69, 9.17) is 0 Å². The van der Waals surface area contributed by atoms with Gasteiger partial charge >= 0.3 is 0 Å². The number of aromatic hydroxyl groups is 1. The molecule has 0 radical (unpaired) electrons. The van der Waals surface area contributed by atoms with Gasteiger partial charge in [0.05, 0.1) is 6.04 Å². The van der Waals surface area contributed by atoms with E-state index in [0.717, 1.165) is 5.56 Å². The van der Waals surface area contributed by atoms with Gasteiger partial charge in [-0.05, 0) is 49.6 Å². The molecule has 0 aliphatic carbocycles. The Kier molecular flexibility index (Phi) is 5.54. The van der Waals surface area contributed by atoms with Crippen LogP contribution in [0.4, 0.5) is 8.78 Å². The number of nitrogens with zero attached hydrogens (tertiary/aromatic N) is 2. The summed E-state index contributed by atoms with van der Waals surface area (Å²) in [5.41, 5.74) is 2.84. The molecule has 2 fully saturated rings. The minimum absolute atomic E-state index is 0.0619. The third-order valence-electron chi connectivity index (χ3n) is 6.18. The van der Waals surface area contributed by atoms with Crippen LogP contribution in [-0.4, -0.2) is 52.7 Å². The fraction of sp³-hybridized carbons (Fsp3) is 0.435. The summed E-state index contributed by atoms with van der Waals surface area (Å²) < 4.78 is 28.6. The van der Waals surface area contributed by atoms with E-state index < -0.39 is 23.7 Å². The molecule has 154 valence electrons. The number of halogens is 2. The van der Waals surface area contributed by atoms with Crippen molar-refractivity contribution >= 4 is 5.91 Å². The lowest BCUT2D eigenvalue weighted by Gasteiger charge is -2.37. The molecule has 6 heteroatoms. The van der Waals surface area contributed by atoms with Gasteiger partial charge in [-0.15, -0.1) is 0 Å². The minimum atomic E-state index is -1.17. The quantitative estimate of drug-likeness (QED) is 0.850. The highest BCUT2D eigenvalue weighted by Gasteiger charge is 2.40. The molecule has 0 aromatic heterocycles. The highest BCUT2D eigenvalue weighted by atomic mass is 19.1. The molecule has 2 aliphatic rings. The third kappa shape index (κ3) is 4.13. The highest BCUT2D eigenvalue weighted by molar-refractivity contribution is 5.84. The van der Waals surface area contributed by atoms with Crippen molar-refractivity contribution < 1.29 is 18.7 Å². The molecule has 4 rings (SSSR count). The van der Waals surface area contributed by atoms with Crippen LogP contribution in [0, 0.1) is 12.7 Å². The molecule has 0 bridgehead atoms. The van der Waals surface area contributed by atoms with Crippen LogP contribution in [0.1, 0.15) is 35.4 Å². The van der Waals surface area contributed by atoms with E-state index in [9.17, 15) is 18.7 Å². The zero-order chi connectivity index (χ0) is 20.5. The normalized spacial score (nSPS) is 25.6. The zero-order valence-corrected chi connectivity index (χ0v) is 16.5. The van der Waals surface area contributed by atoms with Crippen LogP contribution in [0.15, 0.2) is 42.5 Å². The van der Waals surface area contributed by atoms with Crippen molar-refractivity contribution in [3.05, 3.63) is 65.0 Å². The minimum Gasteiger partial charge on any atom is -0.505 e. The molecule has 1 N–H and O–H groups in total. The summed E-state index contributed by atoms with van der Waals surface area (Å²) in [6, 6.07) is 11.9. The lowest BCUT2D eigenvalue weighted by molar-refractivity contribution is -0.133. The van der Waals surface area contributed by atoms with Crippen molar-refractivity contribution in [2.45, 2.75) is 44.4 Å². The molecule has 1 unspecified atom stereocenters. The van der Waals surface area contributed by atoms with E-state index in [1.54, 1.807) is 6.07 Å². The number of alkyl halides is 1. The summed E-state index contributed by atoms with van der Waals surface area (Å²) in [7, 11) is 0. The van der Waals surface area contributed by atoms with Crippen LogP contribution in [0.25, 0.3) is 0 Å². The topological polar surface area (TPSA) is 43.8 Å². The van der Waals surface area contributed by atoms with Gasteiger partial charge in [-0.25, -0.2) is 8.78 Å². The maximum absolute atomic E-state index is 14.9. The Balaban J connectivity index is 1.38. The molecule has 2 aromatic rings. The Morgan fingerprint density at radius 3 is 2.55 bits per heavy atom. The van der Waals surface area contributed by atoms with Gasteiger partial charge in [-0.3, -0.25) is 9.69 Å². The van der Waals surface area contributed by atoms with E-state index >= 15 is 0 Å². The predicted octanol–water partition coefficient (Wildman–Crippen LogP) is 3.77. The number of hydrogen-bond donors (Lipinski definition) is 1. The molecule has 29 heavy (non-hydrogen) atoms. The first-order valence-electron chi connectivity index (χ1n) is 10.1. The van der Waals surface area contributed by atoms with E-state index in [-0.39, 0.29) is 18.5 Å². The van der Waals surface area contributed by atoms with Gasteiger partial charge in [-0.2, -0.15) is 0 Å². The standard InChI is InChI=1S/C23H26F2N2O2/c1-15-2-4-16(5-3-15)13-27-11-9-21(23(27)29)26-10-8-18(20(25)14-26)17-6-7-22(28)19(24)12-17/h2-7,12,18,20-21,28H,8-11,13-14H2,1H3/t18-,20+,21?/m0/s1. The van der Waals surface area contributed by atoms with Crippen LogP contribution in [0.5, 0.6) is 5.75 Å². The number of carbonyl (C=O) groups is 1. The monoisotopic (exact) mass is 400 g/mol. The highest BCUT2D eigenvalue weighted by Crippen LogP contribution is 2.34. The van der Waals surface area contributed by atoms with Crippen LogP contribution in [0.2, 0.25) is 0 Å². The van der Waals surface area contributed by atoms with Gasteiger partial charge in [0.15, 0.2) is 11.6 Å². The molecule has 2 aromatic carbocycles. The fourth-order valence-corrected chi connectivity index (χ4v) is 4.47. The van der Waals surface area contributed by atoms with Gasteiger partial charge in [0.2, 0.25) is 5.91 Å². The number of likely N-dealkylation sites (tertiary alicyclic amines) is 2. The Labute approximate surface area is 169 Å². The number of hydrogen-bond acceptors (Lipinski definition) is 3. The molecular weight excluding hydrogens is 374 g/mol. The summed E-state index contributed by atoms with van der Waals surface area (Å²) in [6.07, 6.45) is 0.0508. The zero-order valence-electron chi connectivity index (χ0n) is 16.5. The van der Waals surface area contributed by atoms with E-state index in [1.807, 2.05) is 41.0 Å². The van der Waals surface area contributed by atoms with E-state index in [2.05, 4.69) is 0 Å². The molecule has 4 nitrogen and oxygen atoms in total. The Morgan fingerprint density at radius 2 is 1.86 bits per heavy atom. The molecule has 2 saturated heterocycles. The summed E-state index contributed by atoms with van der Waals surface area (Å²) in [5, 5.41) is 9.35. The number of benzene rings is 2. The number of amides is 1. The average molecular weight is 400 g/mol. The maximum Gasteiger partial charge on any atom is 0.240 e. The van der Waals surface area contributed by atoms with Crippen molar-refractivity contribution in [1.29, 1.82) is 0 Å².